The van der Waals surface area contributed by atoms with Crippen LogP contribution < -0.4 is 0 Å². The fraction of sp³-hybridized carbons (Fsp3) is 0.364. The Morgan fingerprint density at radius 3 is 2.07 bits per heavy atom. The van der Waals surface area contributed by atoms with Crippen molar-refractivity contribution < 1.29 is 4.79 Å². The predicted molar refractivity (Wildman–Crippen MR) is 56.0 cm³/mol. The zero-order chi connectivity index (χ0) is 10.7. The van der Waals surface area contributed by atoms with Crippen LogP contribution in [0.1, 0.15) is 29.7 Å². The zero-order valence-electron chi connectivity index (χ0n) is 8.96. The van der Waals surface area contributed by atoms with Crippen molar-refractivity contribution in [2.24, 2.45) is 0 Å². The van der Waals surface area contributed by atoms with Gasteiger partial charge in [-0.15, -0.1) is 0 Å². The first-order valence-electron chi connectivity index (χ1n) is 4.51. The van der Waals surface area contributed by atoms with Crippen molar-refractivity contribution in [2.75, 3.05) is 0 Å². The van der Waals surface area contributed by atoms with Crippen molar-refractivity contribution in [2.45, 2.75) is 27.7 Å². The molecule has 0 aliphatic heterocycles. The number of hydrogen-bond acceptors (Lipinski definition) is 3. The molecule has 0 radical (unpaired) electrons. The van der Waals surface area contributed by atoms with E-state index in [-0.39, 0.29) is 5.78 Å². The van der Waals surface area contributed by atoms with Gasteiger partial charge in [-0.2, -0.15) is 0 Å². The normalized spacial score (nSPS) is 10.9. The number of aryl methyl sites for hydroxylation is 3. The molecule has 0 N–H and O–H groups in total. The van der Waals surface area contributed by atoms with E-state index in [1.807, 2.05) is 20.8 Å². The van der Waals surface area contributed by atoms with Gasteiger partial charge >= 0.3 is 0 Å². The van der Waals surface area contributed by atoms with Gasteiger partial charge in [-0.25, -0.2) is 9.97 Å². The summed E-state index contributed by atoms with van der Waals surface area (Å²) in [6.07, 6.45) is 3.31. The van der Waals surface area contributed by atoms with Crippen LogP contribution in [0.2, 0.25) is 0 Å². The third kappa shape index (κ3) is 2.49. The van der Waals surface area contributed by atoms with Gasteiger partial charge in [-0.1, -0.05) is 0 Å². The lowest BCUT2D eigenvalue weighted by Crippen LogP contribution is -1.98. The summed E-state index contributed by atoms with van der Waals surface area (Å²) < 4.78 is 0. The lowest BCUT2D eigenvalue weighted by Gasteiger charge is -2.04. The standard InChI is InChI=1S/C11H14N2O/c1-7(14)5-6-11-8(2)12-10(4)13-9(11)3/h5-6H,1-4H3/b6-5+. The van der Waals surface area contributed by atoms with Crippen molar-refractivity contribution >= 4 is 11.9 Å². The second-order valence-electron chi connectivity index (χ2n) is 3.30. The topological polar surface area (TPSA) is 42.9 Å². The number of carbonyl (C=O) groups is 1. The highest BCUT2D eigenvalue weighted by atomic mass is 16.1. The third-order valence-corrected chi connectivity index (χ3v) is 1.92. The maximum atomic E-state index is 10.8. The maximum Gasteiger partial charge on any atom is 0.152 e. The minimum atomic E-state index is 0.0318. The van der Waals surface area contributed by atoms with Crippen LogP contribution in [-0.4, -0.2) is 15.8 Å². The van der Waals surface area contributed by atoms with Gasteiger partial charge in [0.25, 0.3) is 0 Å². The van der Waals surface area contributed by atoms with Gasteiger partial charge < -0.3 is 0 Å². The van der Waals surface area contributed by atoms with Crippen molar-refractivity contribution in [1.82, 2.24) is 9.97 Å². The summed E-state index contributed by atoms with van der Waals surface area (Å²) in [5.41, 5.74) is 2.76. The average Bonchev–Trinajstić information content (AvgIpc) is 2.01. The molecule has 14 heavy (non-hydrogen) atoms. The molecule has 74 valence electrons. The van der Waals surface area contributed by atoms with Crippen LogP contribution in [0.25, 0.3) is 6.08 Å². The fourth-order valence-corrected chi connectivity index (χ4v) is 1.33. The second-order valence-corrected chi connectivity index (χ2v) is 3.30. The molecule has 1 aromatic rings. The van der Waals surface area contributed by atoms with Crippen molar-refractivity contribution in [3.63, 3.8) is 0 Å². The Bertz CT molecular complexity index is 371. The fourth-order valence-electron chi connectivity index (χ4n) is 1.33. The van der Waals surface area contributed by atoms with Crippen LogP contribution in [0.15, 0.2) is 6.08 Å². The number of rotatable bonds is 2. The minimum absolute atomic E-state index is 0.0318. The molecule has 0 saturated heterocycles. The van der Waals surface area contributed by atoms with Gasteiger partial charge in [0, 0.05) is 17.0 Å². The zero-order valence-corrected chi connectivity index (χ0v) is 8.96. The molecule has 0 unspecified atom stereocenters. The first kappa shape index (κ1) is 10.6. The van der Waals surface area contributed by atoms with Crippen LogP contribution in [-0.2, 0) is 4.79 Å². The molecule has 0 bridgehead atoms. The molecule has 0 saturated carbocycles. The second kappa shape index (κ2) is 4.13. The summed E-state index contributed by atoms with van der Waals surface area (Å²) >= 11 is 0. The molecule has 0 aliphatic rings. The summed E-state index contributed by atoms with van der Waals surface area (Å²) in [4.78, 5) is 19.3. The molecule has 3 heteroatoms. The highest BCUT2D eigenvalue weighted by molar-refractivity contribution is 5.91. The van der Waals surface area contributed by atoms with E-state index in [0.717, 1.165) is 22.8 Å². The van der Waals surface area contributed by atoms with Gasteiger partial charge in [0.1, 0.15) is 5.82 Å². The smallest absolute Gasteiger partial charge is 0.152 e. The predicted octanol–water partition coefficient (Wildman–Crippen LogP) is 2.00. The molecule has 1 heterocycles. The minimum Gasteiger partial charge on any atom is -0.295 e. The highest BCUT2D eigenvalue weighted by Gasteiger charge is 2.02. The molecular weight excluding hydrogens is 176 g/mol. The Balaban J connectivity index is 3.15. The van der Waals surface area contributed by atoms with E-state index >= 15 is 0 Å². The van der Waals surface area contributed by atoms with Crippen LogP contribution in [0, 0.1) is 20.8 Å². The van der Waals surface area contributed by atoms with Gasteiger partial charge in [0.15, 0.2) is 5.78 Å². The van der Waals surface area contributed by atoms with E-state index in [1.54, 1.807) is 6.08 Å². The third-order valence-electron chi connectivity index (χ3n) is 1.92. The Labute approximate surface area is 83.9 Å². The first-order chi connectivity index (χ1) is 6.50. The number of aromatic nitrogens is 2. The molecule has 3 nitrogen and oxygen atoms in total. The van der Waals surface area contributed by atoms with Crippen molar-refractivity contribution in [3.05, 3.63) is 28.9 Å². The van der Waals surface area contributed by atoms with Crippen molar-refractivity contribution in [3.8, 4) is 0 Å². The van der Waals surface area contributed by atoms with E-state index in [4.69, 9.17) is 0 Å². The van der Waals surface area contributed by atoms with E-state index in [1.165, 1.54) is 13.0 Å². The molecule has 0 fully saturated rings. The lowest BCUT2D eigenvalue weighted by atomic mass is 10.1. The molecule has 1 rings (SSSR count). The van der Waals surface area contributed by atoms with Gasteiger partial charge in [0.05, 0.1) is 0 Å². The van der Waals surface area contributed by atoms with Crippen LogP contribution >= 0.6 is 0 Å². The molecule has 1 aromatic heterocycles. The molecule has 0 amide bonds. The number of carbonyl (C=O) groups excluding carboxylic acids is 1. The van der Waals surface area contributed by atoms with Gasteiger partial charge in [-0.3, -0.25) is 4.79 Å². The van der Waals surface area contributed by atoms with Crippen LogP contribution in [0.4, 0.5) is 0 Å². The molecule has 0 aliphatic carbocycles. The van der Waals surface area contributed by atoms with Crippen LogP contribution in [0.3, 0.4) is 0 Å². The van der Waals surface area contributed by atoms with Crippen LogP contribution in [0.5, 0.6) is 0 Å². The number of allylic oxidation sites excluding steroid dienone is 1. The first-order valence-corrected chi connectivity index (χ1v) is 4.51. The maximum absolute atomic E-state index is 10.8. The number of nitrogens with zero attached hydrogens (tertiary/aromatic N) is 2. The number of ketones is 1. The summed E-state index contributed by atoms with van der Waals surface area (Å²) in [7, 11) is 0. The Kier molecular flexibility index (Phi) is 3.12. The summed E-state index contributed by atoms with van der Waals surface area (Å²) in [5.74, 6) is 0.796. The highest BCUT2D eigenvalue weighted by Crippen LogP contribution is 2.11. The Morgan fingerprint density at radius 1 is 1.14 bits per heavy atom. The SMILES string of the molecule is CC(=O)/C=C/c1c(C)nc(C)nc1C. The summed E-state index contributed by atoms with van der Waals surface area (Å²) in [6, 6.07) is 0. The molecule has 0 atom stereocenters. The number of hydrogen-bond donors (Lipinski definition) is 0. The molecular formula is C11H14N2O. The van der Waals surface area contributed by atoms with E-state index in [9.17, 15) is 4.79 Å². The summed E-state index contributed by atoms with van der Waals surface area (Å²) in [5, 5.41) is 0. The average molecular weight is 190 g/mol. The molecule has 0 spiro atoms. The van der Waals surface area contributed by atoms with E-state index in [2.05, 4.69) is 9.97 Å². The monoisotopic (exact) mass is 190 g/mol. The summed E-state index contributed by atoms with van der Waals surface area (Å²) in [6.45, 7) is 7.22. The van der Waals surface area contributed by atoms with E-state index < -0.39 is 0 Å². The quantitative estimate of drug-likeness (QED) is 0.670. The lowest BCUT2D eigenvalue weighted by molar-refractivity contribution is -0.112. The van der Waals surface area contributed by atoms with Gasteiger partial charge in [-0.05, 0) is 39.8 Å². The molecule has 0 aromatic carbocycles. The van der Waals surface area contributed by atoms with Crippen molar-refractivity contribution in [1.29, 1.82) is 0 Å². The van der Waals surface area contributed by atoms with E-state index in [0.29, 0.717) is 0 Å². The largest absolute Gasteiger partial charge is 0.295 e. The Morgan fingerprint density at radius 2 is 1.64 bits per heavy atom. The Hall–Kier alpha value is -1.51. The van der Waals surface area contributed by atoms with Gasteiger partial charge in [0.2, 0.25) is 0 Å².